The van der Waals surface area contributed by atoms with E-state index in [1.54, 1.807) is 7.11 Å². The lowest BCUT2D eigenvalue weighted by atomic mass is 10.2. The predicted octanol–water partition coefficient (Wildman–Crippen LogP) is 0.0202. The van der Waals surface area contributed by atoms with E-state index < -0.39 is 0 Å². The van der Waals surface area contributed by atoms with Crippen LogP contribution in [0, 0.1) is 0 Å². The van der Waals surface area contributed by atoms with E-state index in [2.05, 4.69) is 10.3 Å². The van der Waals surface area contributed by atoms with Crippen molar-refractivity contribution in [1.29, 1.82) is 0 Å². The van der Waals surface area contributed by atoms with Gasteiger partial charge in [-0.2, -0.15) is 0 Å². The molecule has 0 saturated carbocycles. The standard InChI is InChI=1S/C12H16N2O2/c1-15-5-2-6-16-11-3-4-12-10(7-11)8-13-9-14-12/h3-4,7-8,13H,2,5-6,9H2,1H3. The monoisotopic (exact) mass is 220 g/mol. The molecule has 0 atom stereocenters. The fourth-order valence-electron chi connectivity index (χ4n) is 1.56. The topological polar surface area (TPSA) is 42.9 Å². The summed E-state index contributed by atoms with van der Waals surface area (Å²) in [6.45, 7) is 2.06. The molecule has 0 fully saturated rings. The third-order valence-electron chi connectivity index (χ3n) is 2.36. The Labute approximate surface area is 94.6 Å². The van der Waals surface area contributed by atoms with Crippen LogP contribution in [0.5, 0.6) is 5.75 Å². The number of rotatable bonds is 5. The molecule has 0 spiro atoms. The van der Waals surface area contributed by atoms with Crippen LogP contribution in [0.1, 0.15) is 6.42 Å². The van der Waals surface area contributed by atoms with Gasteiger partial charge < -0.3 is 14.8 Å². The Kier molecular flexibility index (Phi) is 3.77. The number of hydrogen-bond donors (Lipinski definition) is 1. The van der Waals surface area contributed by atoms with Crippen molar-refractivity contribution in [3.8, 4) is 5.75 Å². The van der Waals surface area contributed by atoms with Gasteiger partial charge in [0.1, 0.15) is 12.4 Å². The quantitative estimate of drug-likeness (QED) is 0.711. The minimum Gasteiger partial charge on any atom is -0.493 e. The maximum Gasteiger partial charge on any atom is 0.120 e. The molecule has 0 bridgehead atoms. The highest BCUT2D eigenvalue weighted by atomic mass is 16.5. The molecule has 0 unspecified atom stereocenters. The zero-order chi connectivity index (χ0) is 11.2. The highest BCUT2D eigenvalue weighted by Gasteiger charge is 1.97. The Bertz CT molecular complexity index is 457. The van der Waals surface area contributed by atoms with E-state index in [0.29, 0.717) is 13.3 Å². The summed E-state index contributed by atoms with van der Waals surface area (Å²) >= 11 is 0. The zero-order valence-electron chi connectivity index (χ0n) is 9.40. The van der Waals surface area contributed by atoms with Gasteiger partial charge >= 0.3 is 0 Å². The zero-order valence-corrected chi connectivity index (χ0v) is 9.40. The molecular weight excluding hydrogens is 204 g/mol. The molecule has 1 aromatic rings. The fourth-order valence-corrected chi connectivity index (χ4v) is 1.56. The van der Waals surface area contributed by atoms with E-state index >= 15 is 0 Å². The molecule has 0 amide bonds. The molecule has 0 aromatic heterocycles. The first-order valence-corrected chi connectivity index (χ1v) is 5.40. The summed E-state index contributed by atoms with van der Waals surface area (Å²) in [6.07, 6.45) is 2.87. The Morgan fingerprint density at radius 3 is 3.19 bits per heavy atom. The SMILES string of the molecule is COCCCOc1ccc2c(c1)=CNCN=2. The normalized spacial score (nSPS) is 13.1. The summed E-state index contributed by atoms with van der Waals surface area (Å²) < 4.78 is 10.6. The number of fused-ring (bicyclic) bond motifs is 1. The summed E-state index contributed by atoms with van der Waals surface area (Å²) in [4.78, 5) is 4.33. The molecule has 1 N–H and O–H groups in total. The van der Waals surface area contributed by atoms with Crippen LogP contribution in [0.15, 0.2) is 23.2 Å². The van der Waals surface area contributed by atoms with E-state index in [-0.39, 0.29) is 0 Å². The van der Waals surface area contributed by atoms with Gasteiger partial charge in [-0.05, 0) is 18.2 Å². The molecular formula is C12H16N2O2. The van der Waals surface area contributed by atoms with Crippen LogP contribution in [0.4, 0.5) is 0 Å². The molecule has 1 aliphatic heterocycles. The van der Waals surface area contributed by atoms with Gasteiger partial charge in [0.05, 0.1) is 12.0 Å². The van der Waals surface area contributed by atoms with E-state index in [1.165, 1.54) is 0 Å². The maximum atomic E-state index is 5.60. The van der Waals surface area contributed by atoms with Crippen LogP contribution in [-0.2, 0) is 4.74 Å². The third kappa shape index (κ3) is 2.73. The van der Waals surface area contributed by atoms with Crippen LogP contribution < -0.4 is 20.6 Å². The summed E-state index contributed by atoms with van der Waals surface area (Å²) in [5.41, 5.74) is 0. The minimum atomic E-state index is 0.654. The number of methoxy groups -OCH3 is 1. The summed E-state index contributed by atoms with van der Waals surface area (Å²) in [5, 5.41) is 5.17. The largest absolute Gasteiger partial charge is 0.493 e. The average molecular weight is 220 g/mol. The lowest BCUT2D eigenvalue weighted by Crippen LogP contribution is -2.33. The van der Waals surface area contributed by atoms with Gasteiger partial charge in [0.15, 0.2) is 0 Å². The van der Waals surface area contributed by atoms with Gasteiger partial charge in [-0.25, -0.2) is 0 Å². The van der Waals surface area contributed by atoms with Crippen LogP contribution in [-0.4, -0.2) is 27.0 Å². The predicted molar refractivity (Wildman–Crippen MR) is 61.7 cm³/mol. The molecule has 16 heavy (non-hydrogen) atoms. The maximum absolute atomic E-state index is 5.60. The van der Waals surface area contributed by atoms with Crippen LogP contribution >= 0.6 is 0 Å². The summed E-state index contributed by atoms with van der Waals surface area (Å²) in [5.74, 6) is 0.880. The van der Waals surface area contributed by atoms with Gasteiger partial charge in [-0.15, -0.1) is 0 Å². The highest BCUT2D eigenvalue weighted by molar-refractivity contribution is 5.30. The van der Waals surface area contributed by atoms with Crippen molar-refractivity contribution in [2.75, 3.05) is 27.0 Å². The summed E-state index contributed by atoms with van der Waals surface area (Å²) in [6, 6.07) is 5.93. The highest BCUT2D eigenvalue weighted by Crippen LogP contribution is 2.04. The lowest BCUT2D eigenvalue weighted by Gasteiger charge is -2.07. The van der Waals surface area contributed by atoms with Crippen molar-refractivity contribution in [2.45, 2.75) is 6.42 Å². The van der Waals surface area contributed by atoms with Gasteiger partial charge in [0, 0.05) is 31.6 Å². The van der Waals surface area contributed by atoms with Crippen molar-refractivity contribution in [1.82, 2.24) is 5.32 Å². The Hall–Kier alpha value is -1.55. The van der Waals surface area contributed by atoms with Gasteiger partial charge in [0.2, 0.25) is 0 Å². The number of nitrogens with zero attached hydrogens (tertiary/aromatic N) is 1. The second-order valence-electron chi connectivity index (χ2n) is 3.58. The molecule has 1 aliphatic rings. The van der Waals surface area contributed by atoms with Crippen LogP contribution in [0.2, 0.25) is 0 Å². The molecule has 0 radical (unpaired) electrons. The second kappa shape index (κ2) is 5.51. The van der Waals surface area contributed by atoms with Crippen molar-refractivity contribution in [3.63, 3.8) is 0 Å². The first-order valence-electron chi connectivity index (χ1n) is 5.40. The average Bonchev–Trinajstić information content (AvgIpc) is 2.34. The Morgan fingerprint density at radius 2 is 2.31 bits per heavy atom. The lowest BCUT2D eigenvalue weighted by molar-refractivity contribution is 0.172. The van der Waals surface area contributed by atoms with Crippen molar-refractivity contribution < 1.29 is 9.47 Å². The molecule has 1 heterocycles. The van der Waals surface area contributed by atoms with E-state index in [9.17, 15) is 0 Å². The van der Waals surface area contributed by atoms with Crippen LogP contribution in [0.3, 0.4) is 0 Å². The fraction of sp³-hybridized carbons (Fsp3) is 0.417. The minimum absolute atomic E-state index is 0.654. The summed E-state index contributed by atoms with van der Waals surface area (Å²) in [7, 11) is 1.70. The third-order valence-corrected chi connectivity index (χ3v) is 2.36. The van der Waals surface area contributed by atoms with Gasteiger partial charge in [-0.3, -0.25) is 4.99 Å². The molecule has 0 aliphatic carbocycles. The Balaban J connectivity index is 2.01. The van der Waals surface area contributed by atoms with Crippen molar-refractivity contribution in [3.05, 3.63) is 28.8 Å². The van der Waals surface area contributed by atoms with Gasteiger partial charge in [-0.1, -0.05) is 0 Å². The molecule has 0 saturated heterocycles. The second-order valence-corrected chi connectivity index (χ2v) is 3.58. The number of ether oxygens (including phenoxy) is 2. The van der Waals surface area contributed by atoms with E-state index in [4.69, 9.17) is 9.47 Å². The number of hydrogen-bond acceptors (Lipinski definition) is 4. The number of nitrogens with one attached hydrogen (secondary N) is 1. The van der Waals surface area contributed by atoms with E-state index in [0.717, 1.165) is 29.4 Å². The molecule has 4 nitrogen and oxygen atoms in total. The first-order chi connectivity index (χ1) is 7.90. The molecule has 4 heteroatoms. The Morgan fingerprint density at radius 1 is 1.38 bits per heavy atom. The van der Waals surface area contributed by atoms with Crippen molar-refractivity contribution >= 4 is 6.20 Å². The molecule has 86 valence electrons. The van der Waals surface area contributed by atoms with Gasteiger partial charge in [0.25, 0.3) is 0 Å². The molecule has 1 aromatic carbocycles. The first kappa shape index (κ1) is 11.0. The molecule has 2 rings (SSSR count). The smallest absolute Gasteiger partial charge is 0.120 e. The van der Waals surface area contributed by atoms with E-state index in [1.807, 2.05) is 24.4 Å². The van der Waals surface area contributed by atoms with Crippen LogP contribution in [0.25, 0.3) is 6.20 Å². The van der Waals surface area contributed by atoms with Crippen molar-refractivity contribution in [2.24, 2.45) is 4.99 Å². The number of benzene rings is 1.